The van der Waals surface area contributed by atoms with Crippen molar-refractivity contribution in [3.63, 3.8) is 0 Å². The number of nitrogens with two attached hydrogens (primary N) is 1. The largest absolute Gasteiger partial charge is 0.380 e. The van der Waals surface area contributed by atoms with E-state index in [-0.39, 0.29) is 4.90 Å². The predicted octanol–water partition coefficient (Wildman–Crippen LogP) is 2.41. The van der Waals surface area contributed by atoms with Crippen molar-refractivity contribution < 1.29 is 8.42 Å². The number of primary sulfonamides is 1. The van der Waals surface area contributed by atoms with Crippen LogP contribution in [0.4, 0.5) is 5.69 Å². The topological polar surface area (TPSA) is 85.1 Å². The molecule has 2 rings (SSSR count). The van der Waals surface area contributed by atoms with Gasteiger partial charge in [0.15, 0.2) is 0 Å². The van der Waals surface area contributed by atoms with E-state index in [1.165, 1.54) is 12.1 Å². The van der Waals surface area contributed by atoms with Crippen molar-refractivity contribution in [2.24, 2.45) is 5.14 Å². The highest BCUT2D eigenvalue weighted by atomic mass is 79.9. The number of anilines is 1. The fourth-order valence-electron chi connectivity index (χ4n) is 1.62. The Morgan fingerprint density at radius 2 is 2.05 bits per heavy atom. The van der Waals surface area contributed by atoms with Crippen molar-refractivity contribution in [2.45, 2.75) is 18.4 Å². The molecule has 5 nitrogen and oxygen atoms in total. The fourth-order valence-corrected chi connectivity index (χ4v) is 2.83. The number of aromatic nitrogens is 1. The number of sulfonamides is 1. The van der Waals surface area contributed by atoms with Crippen LogP contribution in [0.5, 0.6) is 0 Å². The van der Waals surface area contributed by atoms with Gasteiger partial charge in [0.25, 0.3) is 0 Å². The smallest absolute Gasteiger partial charge is 0.238 e. The SMILES string of the molecule is Cc1ccc(CNc2ccc(S(N)(=O)=O)cc2Br)cn1. The summed E-state index contributed by atoms with van der Waals surface area (Å²) < 4.78 is 23.1. The van der Waals surface area contributed by atoms with Gasteiger partial charge in [-0.15, -0.1) is 0 Å². The molecule has 0 saturated carbocycles. The second kappa shape index (κ2) is 5.90. The standard InChI is InChI=1S/C13H14BrN3O2S/c1-9-2-3-10(7-16-9)8-17-13-5-4-11(6-12(13)14)20(15,18)19/h2-7,17H,8H2,1H3,(H2,15,18,19). The van der Waals surface area contributed by atoms with Crippen LogP contribution in [-0.2, 0) is 16.6 Å². The molecular formula is C13H14BrN3O2S. The minimum Gasteiger partial charge on any atom is -0.380 e. The van der Waals surface area contributed by atoms with Gasteiger partial charge in [-0.25, -0.2) is 13.6 Å². The summed E-state index contributed by atoms with van der Waals surface area (Å²) >= 11 is 3.33. The first-order chi connectivity index (χ1) is 9.36. The lowest BCUT2D eigenvalue weighted by Crippen LogP contribution is -2.12. The average Bonchev–Trinajstić information content (AvgIpc) is 2.38. The van der Waals surface area contributed by atoms with E-state index >= 15 is 0 Å². The molecule has 0 aliphatic carbocycles. The minimum atomic E-state index is -3.68. The molecule has 0 fully saturated rings. The number of hydrogen-bond acceptors (Lipinski definition) is 4. The highest BCUT2D eigenvalue weighted by Crippen LogP contribution is 2.25. The van der Waals surface area contributed by atoms with Gasteiger partial charge >= 0.3 is 0 Å². The summed E-state index contributed by atoms with van der Waals surface area (Å²) in [6.45, 7) is 2.53. The quantitative estimate of drug-likeness (QED) is 0.881. The van der Waals surface area contributed by atoms with Gasteiger partial charge in [-0.2, -0.15) is 0 Å². The van der Waals surface area contributed by atoms with Gasteiger partial charge in [-0.1, -0.05) is 6.07 Å². The number of nitrogens with zero attached hydrogens (tertiary/aromatic N) is 1. The highest BCUT2D eigenvalue weighted by Gasteiger charge is 2.10. The molecule has 0 saturated heterocycles. The maximum Gasteiger partial charge on any atom is 0.238 e. The molecule has 1 heterocycles. The van der Waals surface area contributed by atoms with Gasteiger partial charge in [-0.3, -0.25) is 4.98 Å². The van der Waals surface area contributed by atoms with Crippen LogP contribution in [-0.4, -0.2) is 13.4 Å². The Morgan fingerprint density at radius 3 is 2.60 bits per heavy atom. The summed E-state index contributed by atoms with van der Waals surface area (Å²) in [4.78, 5) is 4.29. The zero-order valence-electron chi connectivity index (χ0n) is 10.8. The van der Waals surface area contributed by atoms with Crippen molar-refractivity contribution in [3.8, 4) is 0 Å². The maximum absolute atomic E-state index is 11.2. The van der Waals surface area contributed by atoms with Crippen LogP contribution in [0, 0.1) is 6.92 Å². The molecule has 0 bridgehead atoms. The van der Waals surface area contributed by atoms with Gasteiger partial charge in [0.05, 0.1) is 4.90 Å². The molecule has 0 atom stereocenters. The molecule has 0 aliphatic rings. The van der Waals surface area contributed by atoms with E-state index < -0.39 is 10.0 Å². The van der Waals surface area contributed by atoms with Crippen LogP contribution >= 0.6 is 15.9 Å². The third kappa shape index (κ3) is 3.78. The Bertz CT molecular complexity index is 715. The van der Waals surface area contributed by atoms with Crippen molar-refractivity contribution in [1.82, 2.24) is 4.98 Å². The first-order valence-corrected chi connectivity index (χ1v) is 8.18. The second-order valence-corrected chi connectivity index (χ2v) is 6.76. The van der Waals surface area contributed by atoms with Crippen molar-refractivity contribution in [1.29, 1.82) is 0 Å². The monoisotopic (exact) mass is 355 g/mol. The molecule has 0 aliphatic heterocycles. The molecule has 0 amide bonds. The first-order valence-electron chi connectivity index (χ1n) is 5.84. The molecule has 106 valence electrons. The van der Waals surface area contributed by atoms with E-state index in [4.69, 9.17) is 5.14 Å². The van der Waals surface area contributed by atoms with E-state index in [9.17, 15) is 8.42 Å². The third-order valence-electron chi connectivity index (χ3n) is 2.72. The Kier molecular flexibility index (Phi) is 4.42. The van der Waals surface area contributed by atoms with Crippen LogP contribution < -0.4 is 10.5 Å². The lowest BCUT2D eigenvalue weighted by molar-refractivity contribution is 0.598. The van der Waals surface area contributed by atoms with Crippen LogP contribution in [0.25, 0.3) is 0 Å². The molecule has 0 spiro atoms. The highest BCUT2D eigenvalue weighted by molar-refractivity contribution is 9.10. The van der Waals surface area contributed by atoms with Crippen LogP contribution in [0.15, 0.2) is 45.9 Å². The molecule has 1 aromatic heterocycles. The molecule has 7 heteroatoms. The molecular weight excluding hydrogens is 342 g/mol. The van der Waals surface area contributed by atoms with E-state index in [2.05, 4.69) is 26.2 Å². The first kappa shape index (κ1) is 15.0. The minimum absolute atomic E-state index is 0.0759. The van der Waals surface area contributed by atoms with Crippen LogP contribution in [0.1, 0.15) is 11.3 Å². The van der Waals surface area contributed by atoms with Crippen molar-refractivity contribution in [2.75, 3.05) is 5.32 Å². The molecule has 3 N–H and O–H groups in total. The van der Waals surface area contributed by atoms with Crippen molar-refractivity contribution >= 4 is 31.6 Å². The number of halogens is 1. The van der Waals surface area contributed by atoms with E-state index in [1.807, 2.05) is 19.1 Å². The van der Waals surface area contributed by atoms with Crippen molar-refractivity contribution in [3.05, 3.63) is 52.3 Å². The predicted molar refractivity (Wildman–Crippen MR) is 81.8 cm³/mol. The van der Waals surface area contributed by atoms with Crippen LogP contribution in [0.2, 0.25) is 0 Å². The van der Waals surface area contributed by atoms with E-state index in [0.717, 1.165) is 16.9 Å². The van der Waals surface area contributed by atoms with E-state index in [0.29, 0.717) is 11.0 Å². The number of pyridine rings is 1. The molecule has 2 aromatic rings. The Hall–Kier alpha value is -1.44. The number of aryl methyl sites for hydroxylation is 1. The number of benzene rings is 1. The van der Waals surface area contributed by atoms with Gasteiger partial charge < -0.3 is 5.32 Å². The zero-order chi connectivity index (χ0) is 14.8. The van der Waals surface area contributed by atoms with Crippen LogP contribution in [0.3, 0.4) is 0 Å². The summed E-state index contributed by atoms with van der Waals surface area (Å²) in [5.41, 5.74) is 2.79. The average molecular weight is 356 g/mol. The molecule has 0 unspecified atom stereocenters. The lowest BCUT2D eigenvalue weighted by atomic mass is 10.2. The lowest BCUT2D eigenvalue weighted by Gasteiger charge is -2.09. The Balaban J connectivity index is 2.12. The normalized spacial score (nSPS) is 11.3. The number of hydrogen-bond donors (Lipinski definition) is 2. The molecule has 20 heavy (non-hydrogen) atoms. The second-order valence-electron chi connectivity index (χ2n) is 4.35. The van der Waals surface area contributed by atoms with Gasteiger partial charge in [0.1, 0.15) is 0 Å². The number of rotatable bonds is 4. The molecule has 0 radical (unpaired) electrons. The fraction of sp³-hybridized carbons (Fsp3) is 0.154. The summed E-state index contributed by atoms with van der Waals surface area (Å²) in [5.74, 6) is 0. The Morgan fingerprint density at radius 1 is 1.30 bits per heavy atom. The summed E-state index contributed by atoms with van der Waals surface area (Å²) in [5, 5.41) is 8.28. The summed E-state index contributed by atoms with van der Waals surface area (Å²) in [7, 11) is -3.68. The van der Waals surface area contributed by atoms with Gasteiger partial charge in [0, 0.05) is 28.6 Å². The van der Waals surface area contributed by atoms with E-state index in [1.54, 1.807) is 12.3 Å². The third-order valence-corrected chi connectivity index (χ3v) is 4.29. The summed E-state index contributed by atoms with van der Waals surface area (Å²) in [6, 6.07) is 8.55. The maximum atomic E-state index is 11.2. The van der Waals surface area contributed by atoms with Gasteiger partial charge in [0.2, 0.25) is 10.0 Å². The molecule has 1 aromatic carbocycles. The number of nitrogens with one attached hydrogen (secondary N) is 1. The zero-order valence-corrected chi connectivity index (χ0v) is 13.2. The summed E-state index contributed by atoms with van der Waals surface area (Å²) in [6.07, 6.45) is 1.80. The van der Waals surface area contributed by atoms with Gasteiger partial charge in [-0.05, 0) is 52.7 Å². The Labute approximate surface area is 126 Å².